The van der Waals surface area contributed by atoms with Gasteiger partial charge in [-0.25, -0.2) is 9.67 Å². The lowest BCUT2D eigenvalue weighted by atomic mass is 10.2. The molecule has 0 bridgehead atoms. The predicted octanol–water partition coefficient (Wildman–Crippen LogP) is 3.38. The van der Waals surface area contributed by atoms with Crippen molar-refractivity contribution >= 4 is 28.7 Å². The molecule has 0 aliphatic carbocycles. The van der Waals surface area contributed by atoms with Gasteiger partial charge in [-0.2, -0.15) is 25.6 Å². The number of alkyl halides is 2. The lowest BCUT2D eigenvalue weighted by Gasteiger charge is -2.15. The maximum absolute atomic E-state index is 12.6. The number of hydrogen-bond acceptors (Lipinski definition) is 4. The summed E-state index contributed by atoms with van der Waals surface area (Å²) in [7, 11) is 0. The zero-order valence-corrected chi connectivity index (χ0v) is 14.3. The normalized spacial score (nSPS) is 12.6. The number of aromatic amines is 1. The van der Waals surface area contributed by atoms with Gasteiger partial charge in [-0.05, 0) is 36.6 Å². The van der Waals surface area contributed by atoms with E-state index in [2.05, 4.69) is 20.4 Å². The molecule has 2 aromatic heterocycles. The van der Waals surface area contributed by atoms with Crippen molar-refractivity contribution in [2.24, 2.45) is 0 Å². The van der Waals surface area contributed by atoms with Gasteiger partial charge in [0, 0.05) is 6.20 Å². The standard InChI is InChI=1S/C16H17F2N5OS/c1-25-9-7-12(14-19-10-4-2-3-5-11(10)20-14)21-15(24)13-6-8-23(22-13)16(17)18/h2-6,8,12,16H,7,9H2,1H3,(H,19,20)(H,21,24)/t12-/m0/s1. The highest BCUT2D eigenvalue weighted by Gasteiger charge is 2.21. The number of fused-ring (bicyclic) bond motifs is 1. The summed E-state index contributed by atoms with van der Waals surface area (Å²) in [5.74, 6) is 0.941. The fourth-order valence-corrected chi connectivity index (χ4v) is 2.92. The number of aromatic nitrogens is 4. The summed E-state index contributed by atoms with van der Waals surface area (Å²) in [6, 6.07) is 8.49. The van der Waals surface area contributed by atoms with Crippen LogP contribution < -0.4 is 5.32 Å². The Labute approximate surface area is 147 Å². The van der Waals surface area contributed by atoms with E-state index in [0.717, 1.165) is 23.0 Å². The predicted molar refractivity (Wildman–Crippen MR) is 92.8 cm³/mol. The maximum Gasteiger partial charge on any atom is 0.333 e. The molecule has 2 N–H and O–H groups in total. The van der Waals surface area contributed by atoms with Gasteiger partial charge in [-0.15, -0.1) is 0 Å². The first-order valence-electron chi connectivity index (χ1n) is 7.66. The van der Waals surface area contributed by atoms with Crippen molar-refractivity contribution in [1.29, 1.82) is 0 Å². The van der Waals surface area contributed by atoms with Gasteiger partial charge < -0.3 is 10.3 Å². The second kappa shape index (κ2) is 7.64. The number of thioether (sulfide) groups is 1. The van der Waals surface area contributed by atoms with Crippen LogP contribution in [0.2, 0.25) is 0 Å². The molecule has 132 valence electrons. The van der Waals surface area contributed by atoms with Crippen LogP contribution in [0, 0.1) is 0 Å². The molecule has 3 rings (SSSR count). The van der Waals surface area contributed by atoms with E-state index >= 15 is 0 Å². The topological polar surface area (TPSA) is 75.6 Å². The number of carbonyl (C=O) groups excluding carboxylic acids is 1. The lowest BCUT2D eigenvalue weighted by molar-refractivity contribution is 0.0559. The van der Waals surface area contributed by atoms with Crippen LogP contribution in [-0.4, -0.2) is 37.7 Å². The fourth-order valence-electron chi connectivity index (χ4n) is 2.45. The van der Waals surface area contributed by atoms with Gasteiger partial charge >= 0.3 is 6.55 Å². The van der Waals surface area contributed by atoms with E-state index in [1.54, 1.807) is 11.8 Å². The summed E-state index contributed by atoms with van der Waals surface area (Å²) in [5.41, 5.74) is 1.64. The van der Waals surface area contributed by atoms with Gasteiger partial charge in [-0.1, -0.05) is 12.1 Å². The van der Waals surface area contributed by atoms with Crippen molar-refractivity contribution < 1.29 is 13.6 Å². The summed E-state index contributed by atoms with van der Waals surface area (Å²) in [5, 5.41) is 6.43. The van der Waals surface area contributed by atoms with Crippen LogP contribution in [0.1, 0.15) is 35.3 Å². The summed E-state index contributed by atoms with van der Waals surface area (Å²) in [6.45, 7) is -2.77. The lowest BCUT2D eigenvalue weighted by Crippen LogP contribution is -2.30. The van der Waals surface area contributed by atoms with Crippen molar-refractivity contribution in [2.45, 2.75) is 19.0 Å². The van der Waals surface area contributed by atoms with Gasteiger partial charge in [0.1, 0.15) is 11.5 Å². The highest BCUT2D eigenvalue weighted by atomic mass is 32.2. The summed E-state index contributed by atoms with van der Waals surface area (Å²) in [4.78, 5) is 20.1. The van der Waals surface area contributed by atoms with E-state index in [0.29, 0.717) is 16.9 Å². The molecule has 0 aliphatic rings. The van der Waals surface area contributed by atoms with Crippen LogP contribution in [-0.2, 0) is 0 Å². The second-order valence-electron chi connectivity index (χ2n) is 5.41. The molecule has 25 heavy (non-hydrogen) atoms. The molecule has 3 aromatic rings. The molecule has 1 atom stereocenters. The Morgan fingerprint density at radius 3 is 2.84 bits per heavy atom. The number of nitrogens with zero attached hydrogens (tertiary/aromatic N) is 3. The van der Waals surface area contributed by atoms with Crippen molar-refractivity contribution in [2.75, 3.05) is 12.0 Å². The number of para-hydroxylation sites is 2. The molecule has 0 spiro atoms. The van der Waals surface area contributed by atoms with E-state index in [-0.39, 0.29) is 11.7 Å². The van der Waals surface area contributed by atoms with E-state index < -0.39 is 12.5 Å². The molecule has 1 aromatic carbocycles. The molecule has 0 fully saturated rings. The van der Waals surface area contributed by atoms with Crippen LogP contribution in [0.4, 0.5) is 8.78 Å². The third-order valence-electron chi connectivity index (χ3n) is 3.69. The number of nitrogens with one attached hydrogen (secondary N) is 2. The summed E-state index contributed by atoms with van der Waals surface area (Å²) >= 11 is 1.65. The average molecular weight is 365 g/mol. The molecular formula is C16H17F2N5OS. The first-order valence-corrected chi connectivity index (χ1v) is 9.05. The minimum Gasteiger partial charge on any atom is -0.341 e. The van der Waals surface area contributed by atoms with E-state index in [1.165, 1.54) is 6.07 Å². The molecule has 0 radical (unpaired) electrons. The van der Waals surface area contributed by atoms with E-state index in [4.69, 9.17) is 0 Å². The summed E-state index contributed by atoms with van der Waals surface area (Å²) < 4.78 is 25.7. The molecule has 9 heteroatoms. The first kappa shape index (κ1) is 17.4. The number of benzene rings is 1. The van der Waals surface area contributed by atoms with E-state index in [9.17, 15) is 13.6 Å². The van der Waals surface area contributed by atoms with Gasteiger partial charge in [0.15, 0.2) is 0 Å². The van der Waals surface area contributed by atoms with Crippen molar-refractivity contribution in [3.05, 3.63) is 48.0 Å². The number of imidazole rings is 1. The molecule has 0 unspecified atom stereocenters. The Balaban J connectivity index is 1.81. The van der Waals surface area contributed by atoms with Gasteiger partial charge in [0.25, 0.3) is 5.91 Å². The Morgan fingerprint density at radius 1 is 1.36 bits per heavy atom. The largest absolute Gasteiger partial charge is 0.341 e. The molecule has 1 amide bonds. The van der Waals surface area contributed by atoms with Crippen molar-refractivity contribution in [3.8, 4) is 0 Å². The average Bonchev–Trinajstić information content (AvgIpc) is 3.25. The van der Waals surface area contributed by atoms with Crippen LogP contribution in [0.3, 0.4) is 0 Å². The highest BCUT2D eigenvalue weighted by molar-refractivity contribution is 7.98. The first-order chi connectivity index (χ1) is 12.1. The van der Waals surface area contributed by atoms with Crippen molar-refractivity contribution in [1.82, 2.24) is 25.1 Å². The smallest absolute Gasteiger partial charge is 0.333 e. The number of halogens is 2. The second-order valence-corrected chi connectivity index (χ2v) is 6.39. The van der Waals surface area contributed by atoms with Gasteiger partial charge in [-0.3, -0.25) is 4.79 Å². The number of H-pyrrole nitrogens is 1. The molecule has 2 heterocycles. The Bertz CT molecular complexity index is 830. The molecule has 0 saturated heterocycles. The van der Waals surface area contributed by atoms with Gasteiger partial charge in [0.05, 0.1) is 17.1 Å². The zero-order chi connectivity index (χ0) is 17.8. The number of carbonyl (C=O) groups is 1. The van der Waals surface area contributed by atoms with Crippen LogP contribution in [0.25, 0.3) is 11.0 Å². The van der Waals surface area contributed by atoms with E-state index in [1.807, 2.05) is 30.5 Å². The maximum atomic E-state index is 12.6. The third-order valence-corrected chi connectivity index (χ3v) is 4.34. The highest BCUT2D eigenvalue weighted by Crippen LogP contribution is 2.20. The Kier molecular flexibility index (Phi) is 5.32. The summed E-state index contributed by atoms with van der Waals surface area (Å²) in [6.07, 6.45) is 3.71. The number of amides is 1. The molecular weight excluding hydrogens is 348 g/mol. The van der Waals surface area contributed by atoms with Crippen LogP contribution >= 0.6 is 11.8 Å². The molecule has 0 aliphatic heterocycles. The Hall–Kier alpha value is -2.42. The quantitative estimate of drug-likeness (QED) is 0.673. The van der Waals surface area contributed by atoms with Crippen molar-refractivity contribution in [3.63, 3.8) is 0 Å². The van der Waals surface area contributed by atoms with Crippen LogP contribution in [0.15, 0.2) is 36.5 Å². The minimum absolute atomic E-state index is 0.0504. The zero-order valence-electron chi connectivity index (χ0n) is 13.4. The van der Waals surface area contributed by atoms with Gasteiger partial charge in [0.2, 0.25) is 0 Å². The number of hydrogen-bond donors (Lipinski definition) is 2. The third kappa shape index (κ3) is 3.98. The Morgan fingerprint density at radius 2 is 2.16 bits per heavy atom. The number of rotatable bonds is 7. The van der Waals surface area contributed by atoms with Crippen LogP contribution in [0.5, 0.6) is 0 Å². The molecule has 0 saturated carbocycles. The minimum atomic E-state index is -2.77. The fraction of sp³-hybridized carbons (Fsp3) is 0.312. The SMILES string of the molecule is CSCC[C@H](NC(=O)c1ccn(C(F)F)n1)c1nc2ccccc2[nH]1. The monoisotopic (exact) mass is 365 g/mol. The molecule has 6 nitrogen and oxygen atoms in total.